The number of carbonyl (C=O) groups excluding carboxylic acids is 2. The smallest absolute Gasteiger partial charge is 0.272 e. The summed E-state index contributed by atoms with van der Waals surface area (Å²) in [7, 11) is 0. The van der Waals surface area contributed by atoms with Gasteiger partial charge in [-0.2, -0.15) is 5.10 Å². The first kappa shape index (κ1) is 20.8. The zero-order chi connectivity index (χ0) is 20.5. The summed E-state index contributed by atoms with van der Waals surface area (Å²) in [6.07, 6.45) is 3.27. The van der Waals surface area contributed by atoms with Crippen molar-refractivity contribution in [2.75, 3.05) is 32.7 Å². The van der Waals surface area contributed by atoms with Crippen molar-refractivity contribution < 1.29 is 9.59 Å². The Morgan fingerprint density at radius 2 is 1.86 bits per heavy atom. The third-order valence-corrected chi connectivity index (χ3v) is 5.62. The molecule has 2 aliphatic rings. The molecule has 2 heterocycles. The Hall–Kier alpha value is -1.89. The minimum absolute atomic E-state index is 0.0537. The Balaban J connectivity index is 1.60. The van der Waals surface area contributed by atoms with Crippen molar-refractivity contribution in [2.45, 2.75) is 71.4 Å². The first-order valence-electron chi connectivity index (χ1n) is 10.6. The lowest BCUT2D eigenvalue weighted by molar-refractivity contribution is -0.123. The summed E-state index contributed by atoms with van der Waals surface area (Å²) in [5.41, 5.74) is 1.52. The zero-order valence-electron chi connectivity index (χ0n) is 18.0. The number of carbonyl (C=O) groups is 2. The van der Waals surface area contributed by atoms with Crippen LogP contribution in [0.15, 0.2) is 6.07 Å². The van der Waals surface area contributed by atoms with Gasteiger partial charge in [-0.25, -0.2) is 0 Å². The second-order valence-corrected chi connectivity index (χ2v) is 9.26. The Labute approximate surface area is 168 Å². The van der Waals surface area contributed by atoms with Crippen LogP contribution in [0, 0.1) is 0 Å². The normalized spacial score (nSPS) is 19.5. The van der Waals surface area contributed by atoms with Gasteiger partial charge in [0.05, 0.1) is 17.8 Å². The summed E-state index contributed by atoms with van der Waals surface area (Å²) < 4.78 is 1.90. The van der Waals surface area contributed by atoms with Gasteiger partial charge in [0.15, 0.2) is 0 Å². The maximum atomic E-state index is 13.2. The lowest BCUT2D eigenvalue weighted by atomic mass is 10.1. The van der Waals surface area contributed by atoms with E-state index in [9.17, 15) is 9.59 Å². The predicted octanol–water partition coefficient (Wildman–Crippen LogP) is 2.19. The molecule has 3 rings (SSSR count). The Morgan fingerprint density at radius 3 is 2.39 bits per heavy atom. The highest BCUT2D eigenvalue weighted by Gasteiger charge is 2.33. The SMILES string of the molecule is CCC(C)NC(=O)CN1CCN(C(=O)c2cc(C3CC3)nn2C(C)(C)C)CC1. The van der Waals surface area contributed by atoms with Crippen LogP contribution in [0.3, 0.4) is 0 Å². The van der Waals surface area contributed by atoms with Gasteiger partial charge in [0.25, 0.3) is 5.91 Å². The number of hydrogen-bond donors (Lipinski definition) is 1. The maximum Gasteiger partial charge on any atom is 0.272 e. The molecule has 0 bridgehead atoms. The van der Waals surface area contributed by atoms with Gasteiger partial charge >= 0.3 is 0 Å². The molecule has 0 aromatic carbocycles. The third-order valence-electron chi connectivity index (χ3n) is 5.62. The van der Waals surface area contributed by atoms with Crippen molar-refractivity contribution in [2.24, 2.45) is 0 Å². The van der Waals surface area contributed by atoms with Gasteiger partial charge in [0.2, 0.25) is 5.91 Å². The van der Waals surface area contributed by atoms with Crippen LogP contribution in [-0.4, -0.2) is 70.2 Å². The fourth-order valence-corrected chi connectivity index (χ4v) is 3.54. The van der Waals surface area contributed by atoms with E-state index in [0.29, 0.717) is 31.2 Å². The number of amides is 2. The lowest BCUT2D eigenvalue weighted by Gasteiger charge is -2.35. The molecule has 28 heavy (non-hydrogen) atoms. The highest BCUT2D eigenvalue weighted by molar-refractivity contribution is 5.93. The van der Waals surface area contributed by atoms with Crippen molar-refractivity contribution in [3.63, 3.8) is 0 Å². The van der Waals surface area contributed by atoms with Gasteiger partial charge in [-0.3, -0.25) is 19.2 Å². The van der Waals surface area contributed by atoms with Crippen LogP contribution in [0.2, 0.25) is 0 Å². The lowest BCUT2D eigenvalue weighted by Crippen LogP contribution is -2.52. The van der Waals surface area contributed by atoms with Crippen molar-refractivity contribution in [1.82, 2.24) is 24.9 Å². The number of aromatic nitrogens is 2. The first-order valence-corrected chi connectivity index (χ1v) is 10.6. The molecule has 1 N–H and O–H groups in total. The van der Waals surface area contributed by atoms with Crippen molar-refractivity contribution in [1.29, 1.82) is 0 Å². The summed E-state index contributed by atoms with van der Waals surface area (Å²) in [5, 5.41) is 7.76. The third kappa shape index (κ3) is 4.93. The van der Waals surface area contributed by atoms with Crippen LogP contribution in [0.25, 0.3) is 0 Å². The molecule has 0 radical (unpaired) electrons. The molecule has 1 aliphatic heterocycles. The second kappa shape index (κ2) is 8.23. The van der Waals surface area contributed by atoms with E-state index in [0.717, 1.165) is 25.2 Å². The van der Waals surface area contributed by atoms with E-state index < -0.39 is 0 Å². The second-order valence-electron chi connectivity index (χ2n) is 9.26. The molecule has 1 aromatic heterocycles. The fraction of sp³-hybridized carbons (Fsp3) is 0.762. The van der Waals surface area contributed by atoms with E-state index in [1.807, 2.05) is 22.6 Å². The number of nitrogens with zero attached hydrogens (tertiary/aromatic N) is 4. The summed E-state index contributed by atoms with van der Waals surface area (Å²) >= 11 is 0. The maximum absolute atomic E-state index is 13.2. The average molecular weight is 390 g/mol. The molecule has 1 unspecified atom stereocenters. The van der Waals surface area contributed by atoms with Gasteiger partial charge in [0.1, 0.15) is 5.69 Å². The monoisotopic (exact) mass is 389 g/mol. The minimum Gasteiger partial charge on any atom is -0.353 e. The molecule has 7 nitrogen and oxygen atoms in total. The molecule has 1 saturated heterocycles. The molecular weight excluding hydrogens is 354 g/mol. The molecule has 1 saturated carbocycles. The largest absolute Gasteiger partial charge is 0.353 e. The number of nitrogens with one attached hydrogen (secondary N) is 1. The molecule has 1 aromatic rings. The standard InChI is InChI=1S/C21H35N5O2/c1-6-15(2)22-19(27)14-24-9-11-25(12-10-24)20(28)18-13-17(16-7-8-16)23-26(18)21(3,4)5/h13,15-16H,6-12,14H2,1-5H3,(H,22,27). The van der Waals surface area contributed by atoms with Crippen LogP contribution in [0.5, 0.6) is 0 Å². The molecule has 0 spiro atoms. The fourth-order valence-electron chi connectivity index (χ4n) is 3.54. The zero-order valence-corrected chi connectivity index (χ0v) is 18.0. The molecule has 1 aliphatic carbocycles. The summed E-state index contributed by atoms with van der Waals surface area (Å²) in [6, 6.07) is 2.20. The number of piperazine rings is 1. The van der Waals surface area contributed by atoms with Gasteiger partial charge in [0, 0.05) is 38.1 Å². The number of hydrogen-bond acceptors (Lipinski definition) is 4. The summed E-state index contributed by atoms with van der Waals surface area (Å²) in [6.45, 7) is 13.5. The molecule has 1 atom stereocenters. The van der Waals surface area contributed by atoms with Gasteiger partial charge in [-0.15, -0.1) is 0 Å². The van der Waals surface area contributed by atoms with E-state index in [4.69, 9.17) is 5.10 Å². The van der Waals surface area contributed by atoms with Crippen LogP contribution in [0.4, 0.5) is 0 Å². The topological polar surface area (TPSA) is 70.5 Å². The Kier molecular flexibility index (Phi) is 6.12. The van der Waals surface area contributed by atoms with Gasteiger partial charge in [-0.05, 0) is 53.0 Å². The summed E-state index contributed by atoms with van der Waals surface area (Å²) in [5.74, 6) is 0.642. The average Bonchev–Trinajstić information content (AvgIpc) is 3.38. The Morgan fingerprint density at radius 1 is 1.21 bits per heavy atom. The van der Waals surface area contributed by atoms with E-state index in [1.165, 1.54) is 12.8 Å². The molecular formula is C21H35N5O2. The van der Waals surface area contributed by atoms with E-state index in [-0.39, 0.29) is 23.4 Å². The Bertz CT molecular complexity index is 709. The van der Waals surface area contributed by atoms with Crippen molar-refractivity contribution >= 4 is 11.8 Å². The summed E-state index contributed by atoms with van der Waals surface area (Å²) in [4.78, 5) is 29.3. The van der Waals surface area contributed by atoms with Crippen LogP contribution >= 0.6 is 0 Å². The molecule has 2 fully saturated rings. The number of rotatable bonds is 6. The van der Waals surface area contributed by atoms with Gasteiger partial charge < -0.3 is 10.2 Å². The minimum atomic E-state index is -0.228. The molecule has 2 amide bonds. The quantitative estimate of drug-likeness (QED) is 0.810. The van der Waals surface area contributed by atoms with Gasteiger partial charge in [-0.1, -0.05) is 6.92 Å². The molecule has 7 heteroatoms. The highest BCUT2D eigenvalue weighted by atomic mass is 16.2. The van der Waals surface area contributed by atoms with Crippen molar-refractivity contribution in [3.8, 4) is 0 Å². The van der Waals surface area contributed by atoms with Crippen LogP contribution in [0.1, 0.15) is 76.0 Å². The van der Waals surface area contributed by atoms with E-state index in [1.54, 1.807) is 0 Å². The molecule has 156 valence electrons. The first-order chi connectivity index (χ1) is 13.2. The van der Waals surface area contributed by atoms with E-state index in [2.05, 4.69) is 37.9 Å². The highest BCUT2D eigenvalue weighted by Crippen LogP contribution is 2.40. The van der Waals surface area contributed by atoms with Crippen molar-refractivity contribution in [3.05, 3.63) is 17.5 Å². The van der Waals surface area contributed by atoms with Crippen LogP contribution < -0.4 is 5.32 Å². The van der Waals surface area contributed by atoms with Crippen LogP contribution in [-0.2, 0) is 10.3 Å². The predicted molar refractivity (Wildman–Crippen MR) is 109 cm³/mol. The van der Waals surface area contributed by atoms with E-state index >= 15 is 0 Å².